The van der Waals surface area contributed by atoms with Crippen LogP contribution in [0.1, 0.15) is 15.9 Å². The van der Waals surface area contributed by atoms with Gasteiger partial charge in [-0.05, 0) is 42.5 Å². The highest BCUT2D eigenvalue weighted by atomic mass is 35.5. The second kappa shape index (κ2) is 7.54. The molecular formula is C21H13ClN4O3. The van der Waals surface area contributed by atoms with Crippen LogP contribution in [-0.4, -0.2) is 20.7 Å². The normalized spacial score (nSPS) is 10.5. The summed E-state index contributed by atoms with van der Waals surface area (Å²) in [5.41, 5.74) is 1.64. The number of carboxylic acids is 1. The lowest BCUT2D eigenvalue weighted by molar-refractivity contribution is 0.0697. The summed E-state index contributed by atoms with van der Waals surface area (Å²) in [6.07, 6.45) is 1.33. The fourth-order valence-corrected chi connectivity index (χ4v) is 3.10. The van der Waals surface area contributed by atoms with Crippen molar-refractivity contribution in [2.24, 2.45) is 0 Å². The quantitative estimate of drug-likeness (QED) is 0.480. The molecule has 0 spiro atoms. The van der Waals surface area contributed by atoms with Crippen LogP contribution in [0.3, 0.4) is 0 Å². The highest BCUT2D eigenvalue weighted by molar-refractivity contribution is 6.33. The van der Waals surface area contributed by atoms with Crippen molar-refractivity contribution in [1.29, 1.82) is 5.26 Å². The van der Waals surface area contributed by atoms with Gasteiger partial charge in [0.1, 0.15) is 22.7 Å². The summed E-state index contributed by atoms with van der Waals surface area (Å²) in [4.78, 5) is 11.4. The predicted octanol–water partition coefficient (Wildman–Crippen LogP) is 5.09. The van der Waals surface area contributed by atoms with Crippen LogP contribution in [0.4, 0.5) is 11.4 Å². The highest BCUT2D eigenvalue weighted by Crippen LogP contribution is 2.31. The van der Waals surface area contributed by atoms with E-state index in [-0.39, 0.29) is 16.3 Å². The number of nitrogens with zero attached hydrogens (tertiary/aromatic N) is 3. The molecule has 8 heteroatoms. The number of nitriles is 1. The van der Waals surface area contributed by atoms with E-state index in [4.69, 9.17) is 16.3 Å². The number of halogens is 1. The molecule has 0 unspecified atom stereocenters. The van der Waals surface area contributed by atoms with Gasteiger partial charge < -0.3 is 15.2 Å². The molecule has 29 heavy (non-hydrogen) atoms. The summed E-state index contributed by atoms with van der Waals surface area (Å²) in [6.45, 7) is 0. The Hall–Kier alpha value is -4.02. The largest absolute Gasteiger partial charge is 0.478 e. The number of fused-ring (bicyclic) bond motifs is 1. The third-order valence-electron chi connectivity index (χ3n) is 4.20. The maximum Gasteiger partial charge on any atom is 0.338 e. The number of hydrogen-bond donors (Lipinski definition) is 2. The summed E-state index contributed by atoms with van der Waals surface area (Å²) in [7, 11) is 0. The summed E-state index contributed by atoms with van der Waals surface area (Å²) in [5, 5.41) is 25.9. The molecule has 0 aliphatic heterocycles. The fourth-order valence-electron chi connectivity index (χ4n) is 2.83. The average Bonchev–Trinajstić information content (AvgIpc) is 3.08. The average molecular weight is 405 g/mol. The van der Waals surface area contributed by atoms with Gasteiger partial charge in [-0.15, -0.1) is 0 Å². The predicted molar refractivity (Wildman–Crippen MR) is 108 cm³/mol. The maximum atomic E-state index is 11.4. The number of anilines is 2. The number of benzene rings is 2. The van der Waals surface area contributed by atoms with Crippen molar-refractivity contribution in [2.75, 3.05) is 5.32 Å². The molecule has 0 aliphatic carbocycles. The van der Waals surface area contributed by atoms with Gasteiger partial charge in [0, 0.05) is 5.69 Å². The van der Waals surface area contributed by atoms with Crippen molar-refractivity contribution < 1.29 is 14.6 Å². The zero-order valence-corrected chi connectivity index (χ0v) is 15.6. The van der Waals surface area contributed by atoms with Gasteiger partial charge in [0.2, 0.25) is 0 Å². The van der Waals surface area contributed by atoms with Crippen LogP contribution in [-0.2, 0) is 0 Å². The topological polar surface area (TPSA) is 99.7 Å². The van der Waals surface area contributed by atoms with Crippen molar-refractivity contribution in [1.82, 2.24) is 9.61 Å². The maximum absolute atomic E-state index is 11.4. The van der Waals surface area contributed by atoms with Crippen molar-refractivity contribution in [3.8, 4) is 17.6 Å². The van der Waals surface area contributed by atoms with Crippen molar-refractivity contribution in [2.45, 2.75) is 0 Å². The fraction of sp³-hybridized carbons (Fsp3) is 0. The summed E-state index contributed by atoms with van der Waals surface area (Å²) >= 11 is 6.11. The number of aromatic carboxylic acids is 1. The molecule has 0 fully saturated rings. The zero-order valence-electron chi connectivity index (χ0n) is 14.8. The molecule has 0 atom stereocenters. The second-order valence-corrected chi connectivity index (χ2v) is 6.42. The van der Waals surface area contributed by atoms with Crippen LogP contribution < -0.4 is 10.1 Å². The molecular weight excluding hydrogens is 392 g/mol. The number of ether oxygens (including phenoxy) is 1. The van der Waals surface area contributed by atoms with E-state index in [0.717, 1.165) is 5.75 Å². The Kier molecular flexibility index (Phi) is 4.77. The lowest BCUT2D eigenvalue weighted by Gasteiger charge is -2.11. The van der Waals surface area contributed by atoms with Crippen LogP contribution >= 0.6 is 11.6 Å². The molecule has 0 amide bonds. The van der Waals surface area contributed by atoms with Gasteiger partial charge in [-0.3, -0.25) is 0 Å². The number of para-hydroxylation sites is 1. The smallest absolute Gasteiger partial charge is 0.338 e. The van der Waals surface area contributed by atoms with E-state index < -0.39 is 5.97 Å². The van der Waals surface area contributed by atoms with Gasteiger partial charge in [0.05, 0.1) is 28.5 Å². The van der Waals surface area contributed by atoms with Crippen LogP contribution in [0.5, 0.6) is 11.5 Å². The molecule has 142 valence electrons. The molecule has 0 aliphatic rings. The van der Waals surface area contributed by atoms with Gasteiger partial charge in [-0.2, -0.15) is 10.4 Å². The summed E-state index contributed by atoms with van der Waals surface area (Å²) in [5.74, 6) is 0.202. The SMILES string of the molecule is N#Cc1cnn2c(Cl)c(C(=O)O)cc2c1Nc1ccc(Oc2ccccc2)cc1. The Morgan fingerprint density at radius 2 is 1.83 bits per heavy atom. The van der Waals surface area contributed by atoms with Crippen LogP contribution in [0.25, 0.3) is 5.52 Å². The van der Waals surface area contributed by atoms with E-state index in [1.165, 1.54) is 16.8 Å². The van der Waals surface area contributed by atoms with Crippen LogP contribution in [0.2, 0.25) is 5.15 Å². The minimum absolute atomic E-state index is 0.0355. The highest BCUT2D eigenvalue weighted by Gasteiger charge is 2.19. The van der Waals surface area contributed by atoms with Gasteiger partial charge >= 0.3 is 5.97 Å². The van der Waals surface area contributed by atoms with E-state index in [2.05, 4.69) is 16.5 Å². The first-order valence-corrected chi connectivity index (χ1v) is 8.88. The van der Waals surface area contributed by atoms with E-state index in [1.54, 1.807) is 24.3 Å². The summed E-state index contributed by atoms with van der Waals surface area (Å²) < 4.78 is 7.05. The van der Waals surface area contributed by atoms with Gasteiger partial charge in [0.25, 0.3) is 0 Å². The van der Waals surface area contributed by atoms with E-state index in [9.17, 15) is 15.2 Å². The van der Waals surface area contributed by atoms with E-state index in [1.807, 2.05) is 30.3 Å². The number of aromatic nitrogens is 2. The minimum atomic E-state index is -1.17. The Balaban J connectivity index is 1.67. The Morgan fingerprint density at radius 1 is 1.14 bits per heavy atom. The number of carbonyl (C=O) groups is 1. The van der Waals surface area contributed by atoms with Gasteiger partial charge in [0.15, 0.2) is 0 Å². The Morgan fingerprint density at radius 3 is 2.48 bits per heavy atom. The first kappa shape index (κ1) is 18.3. The number of hydrogen-bond acceptors (Lipinski definition) is 5. The van der Waals surface area contributed by atoms with Crippen LogP contribution in [0.15, 0.2) is 66.9 Å². The van der Waals surface area contributed by atoms with Gasteiger partial charge in [-0.25, -0.2) is 9.31 Å². The molecule has 2 N–H and O–H groups in total. The molecule has 2 heterocycles. The van der Waals surface area contributed by atoms with Crippen molar-refractivity contribution in [3.63, 3.8) is 0 Å². The molecule has 0 saturated carbocycles. The lowest BCUT2D eigenvalue weighted by Crippen LogP contribution is -2.01. The number of rotatable bonds is 5. The van der Waals surface area contributed by atoms with E-state index >= 15 is 0 Å². The molecule has 0 radical (unpaired) electrons. The van der Waals surface area contributed by atoms with Crippen molar-refractivity contribution >= 4 is 34.5 Å². The first-order chi connectivity index (χ1) is 14.1. The van der Waals surface area contributed by atoms with Gasteiger partial charge in [-0.1, -0.05) is 29.8 Å². The third-order valence-corrected chi connectivity index (χ3v) is 4.56. The molecule has 7 nitrogen and oxygen atoms in total. The second-order valence-electron chi connectivity index (χ2n) is 6.06. The minimum Gasteiger partial charge on any atom is -0.478 e. The monoisotopic (exact) mass is 404 g/mol. The number of nitrogens with one attached hydrogen (secondary N) is 1. The Labute approximate surface area is 170 Å². The molecule has 4 aromatic rings. The molecule has 0 saturated heterocycles. The van der Waals surface area contributed by atoms with Crippen molar-refractivity contribution in [3.05, 3.63) is 83.1 Å². The third kappa shape index (κ3) is 3.57. The lowest BCUT2D eigenvalue weighted by atomic mass is 10.2. The number of carboxylic acid groups (broad SMARTS) is 1. The van der Waals surface area contributed by atoms with Crippen LogP contribution in [0, 0.1) is 11.3 Å². The summed E-state index contributed by atoms with van der Waals surface area (Å²) in [6, 6.07) is 20.0. The molecule has 0 bridgehead atoms. The first-order valence-electron chi connectivity index (χ1n) is 8.50. The molecule has 2 aromatic heterocycles. The standard InChI is InChI=1S/C21H13ClN4O3/c22-20-17(21(27)28)10-18-19(13(11-23)12-24-26(18)20)25-14-6-8-16(9-7-14)29-15-4-2-1-3-5-15/h1-10,12,25H,(H,27,28). The zero-order chi connectivity index (χ0) is 20.4. The molecule has 4 rings (SSSR count). The Bertz CT molecular complexity index is 1250. The van der Waals surface area contributed by atoms with E-state index in [0.29, 0.717) is 22.6 Å². The molecule has 2 aromatic carbocycles.